The van der Waals surface area contributed by atoms with Crippen LogP contribution in [0.5, 0.6) is 0 Å². The number of benzene rings is 1. The quantitative estimate of drug-likeness (QED) is 0.617. The molecule has 0 N–H and O–H groups in total. The van der Waals surface area contributed by atoms with Crippen molar-refractivity contribution in [3.8, 4) is 0 Å². The van der Waals surface area contributed by atoms with Crippen LogP contribution in [-0.4, -0.2) is 0 Å². The van der Waals surface area contributed by atoms with Crippen LogP contribution in [0.2, 0.25) is 0 Å². The second-order valence-corrected chi connectivity index (χ2v) is 5.80. The van der Waals surface area contributed by atoms with Gasteiger partial charge in [-0.25, -0.2) is 0 Å². The van der Waals surface area contributed by atoms with Crippen LogP contribution in [-0.2, 0) is 6.42 Å². The number of aryl methyl sites for hydroxylation is 1. The third-order valence-electron chi connectivity index (χ3n) is 4.14. The summed E-state index contributed by atoms with van der Waals surface area (Å²) in [5.41, 5.74) is 1.89. The highest BCUT2D eigenvalue weighted by Crippen LogP contribution is 2.42. The van der Waals surface area contributed by atoms with Crippen molar-refractivity contribution in [1.82, 2.24) is 0 Å². The normalized spacial score (nSPS) is 12.5. The zero-order chi connectivity index (χ0) is 12.2. The monoisotopic (exact) mass is 216 g/mol. The second-order valence-electron chi connectivity index (χ2n) is 5.80. The van der Waals surface area contributed by atoms with Gasteiger partial charge >= 0.3 is 0 Å². The van der Waals surface area contributed by atoms with Crippen molar-refractivity contribution in [3.63, 3.8) is 0 Å². The van der Waals surface area contributed by atoms with Crippen molar-refractivity contribution in [2.45, 2.75) is 40.5 Å². The zero-order valence-corrected chi connectivity index (χ0v) is 11.1. The van der Waals surface area contributed by atoms with Crippen molar-refractivity contribution >= 4 is 0 Å². The molecule has 0 unspecified atom stereocenters. The smallest absolute Gasteiger partial charge is 0.0126 e. The summed E-state index contributed by atoms with van der Waals surface area (Å²) in [5.74, 6) is 0. The van der Waals surface area contributed by atoms with Crippen LogP contribution < -0.4 is 0 Å². The van der Waals surface area contributed by atoms with Crippen molar-refractivity contribution in [2.75, 3.05) is 0 Å². The summed E-state index contributed by atoms with van der Waals surface area (Å²) in [6.07, 6.45) is 4.42. The van der Waals surface area contributed by atoms with Crippen LogP contribution in [0.15, 0.2) is 43.0 Å². The SMILES string of the molecule is C=CC(C)(C)C(C)(C)CCc1ccccc1. The molecule has 0 bridgehead atoms. The average Bonchev–Trinajstić information content (AvgIpc) is 2.27. The maximum Gasteiger partial charge on any atom is -0.0126 e. The molecule has 0 radical (unpaired) electrons. The molecule has 0 aliphatic carbocycles. The van der Waals surface area contributed by atoms with Crippen molar-refractivity contribution in [1.29, 1.82) is 0 Å². The standard InChI is InChI=1S/C16H24/c1-6-15(2,3)16(4,5)13-12-14-10-8-7-9-11-14/h6-11H,1,12-13H2,2-5H3. The van der Waals surface area contributed by atoms with E-state index in [2.05, 4.69) is 70.7 Å². The van der Waals surface area contributed by atoms with Gasteiger partial charge in [-0.1, -0.05) is 64.1 Å². The van der Waals surface area contributed by atoms with Crippen molar-refractivity contribution in [2.24, 2.45) is 10.8 Å². The molecule has 88 valence electrons. The molecule has 0 spiro atoms. The van der Waals surface area contributed by atoms with Gasteiger partial charge in [-0.05, 0) is 29.2 Å². The molecule has 0 atom stereocenters. The summed E-state index contributed by atoms with van der Waals surface area (Å²) in [7, 11) is 0. The number of allylic oxidation sites excluding steroid dienone is 1. The minimum Gasteiger partial charge on any atom is -0.103 e. The molecule has 1 aromatic rings. The lowest BCUT2D eigenvalue weighted by atomic mass is 9.65. The molecule has 0 amide bonds. The maximum atomic E-state index is 3.95. The van der Waals surface area contributed by atoms with Crippen molar-refractivity contribution < 1.29 is 0 Å². The van der Waals surface area contributed by atoms with Gasteiger partial charge in [0.05, 0.1) is 0 Å². The third kappa shape index (κ3) is 2.98. The van der Waals surface area contributed by atoms with E-state index in [0.29, 0.717) is 0 Å². The van der Waals surface area contributed by atoms with E-state index in [9.17, 15) is 0 Å². The lowest BCUT2D eigenvalue weighted by Gasteiger charge is -2.39. The maximum absolute atomic E-state index is 3.95. The summed E-state index contributed by atoms with van der Waals surface area (Å²) < 4.78 is 0. The fraction of sp³-hybridized carbons (Fsp3) is 0.500. The first-order valence-corrected chi connectivity index (χ1v) is 6.06. The van der Waals surface area contributed by atoms with E-state index in [1.165, 1.54) is 12.0 Å². The van der Waals surface area contributed by atoms with E-state index in [-0.39, 0.29) is 10.8 Å². The Balaban J connectivity index is 2.65. The van der Waals surface area contributed by atoms with Crippen LogP contribution in [0.25, 0.3) is 0 Å². The molecule has 0 saturated heterocycles. The average molecular weight is 216 g/mol. The van der Waals surface area contributed by atoms with E-state index in [0.717, 1.165) is 6.42 Å². The molecule has 0 aliphatic heterocycles. The minimum atomic E-state index is 0.182. The van der Waals surface area contributed by atoms with Crippen LogP contribution in [0.1, 0.15) is 39.7 Å². The largest absolute Gasteiger partial charge is 0.103 e. The summed E-state index contributed by atoms with van der Waals surface area (Å²) in [5, 5.41) is 0. The zero-order valence-electron chi connectivity index (χ0n) is 11.1. The van der Waals surface area contributed by atoms with Crippen LogP contribution in [0.4, 0.5) is 0 Å². The Morgan fingerprint density at radius 1 is 1.06 bits per heavy atom. The Morgan fingerprint density at radius 2 is 1.62 bits per heavy atom. The predicted octanol–water partition coefficient (Wildman–Crippen LogP) is 4.86. The van der Waals surface area contributed by atoms with E-state index in [4.69, 9.17) is 0 Å². The van der Waals surface area contributed by atoms with Crippen LogP contribution >= 0.6 is 0 Å². The predicted molar refractivity (Wildman–Crippen MR) is 72.5 cm³/mol. The van der Waals surface area contributed by atoms with Gasteiger partial charge in [-0.3, -0.25) is 0 Å². The highest BCUT2D eigenvalue weighted by molar-refractivity contribution is 5.15. The molecule has 0 aromatic heterocycles. The highest BCUT2D eigenvalue weighted by atomic mass is 14.4. The van der Waals surface area contributed by atoms with E-state index < -0.39 is 0 Å². The Labute approximate surface area is 100 Å². The lowest BCUT2D eigenvalue weighted by molar-refractivity contribution is 0.152. The summed E-state index contributed by atoms with van der Waals surface area (Å²) in [4.78, 5) is 0. The molecule has 1 aromatic carbocycles. The molecular weight excluding hydrogens is 192 g/mol. The highest BCUT2D eigenvalue weighted by Gasteiger charge is 2.33. The Bertz CT molecular complexity index is 330. The summed E-state index contributed by atoms with van der Waals surface area (Å²) in [6, 6.07) is 10.7. The summed E-state index contributed by atoms with van der Waals surface area (Å²) >= 11 is 0. The topological polar surface area (TPSA) is 0 Å². The number of hydrogen-bond donors (Lipinski definition) is 0. The molecule has 0 aliphatic rings. The first kappa shape index (κ1) is 13.0. The van der Waals surface area contributed by atoms with E-state index >= 15 is 0 Å². The van der Waals surface area contributed by atoms with Gasteiger partial charge in [-0.15, -0.1) is 6.58 Å². The van der Waals surface area contributed by atoms with Gasteiger partial charge in [0, 0.05) is 0 Å². The minimum absolute atomic E-state index is 0.182. The van der Waals surface area contributed by atoms with Crippen LogP contribution in [0, 0.1) is 10.8 Å². The molecule has 0 fully saturated rings. The molecule has 0 heteroatoms. The fourth-order valence-corrected chi connectivity index (χ4v) is 1.70. The number of hydrogen-bond acceptors (Lipinski definition) is 0. The van der Waals surface area contributed by atoms with E-state index in [1.807, 2.05) is 0 Å². The Hall–Kier alpha value is -1.04. The third-order valence-corrected chi connectivity index (χ3v) is 4.14. The fourth-order valence-electron chi connectivity index (χ4n) is 1.70. The molecule has 0 nitrogen and oxygen atoms in total. The van der Waals surface area contributed by atoms with Gasteiger partial charge in [0.25, 0.3) is 0 Å². The molecular formula is C16H24. The van der Waals surface area contributed by atoms with Crippen LogP contribution in [0.3, 0.4) is 0 Å². The van der Waals surface area contributed by atoms with Gasteiger partial charge in [0.1, 0.15) is 0 Å². The van der Waals surface area contributed by atoms with Gasteiger partial charge in [0.2, 0.25) is 0 Å². The van der Waals surface area contributed by atoms with Gasteiger partial charge in [0.15, 0.2) is 0 Å². The summed E-state index contributed by atoms with van der Waals surface area (Å²) in [6.45, 7) is 13.2. The first-order chi connectivity index (χ1) is 7.39. The molecule has 0 heterocycles. The second kappa shape index (κ2) is 4.86. The van der Waals surface area contributed by atoms with Crippen molar-refractivity contribution in [3.05, 3.63) is 48.6 Å². The molecule has 16 heavy (non-hydrogen) atoms. The van der Waals surface area contributed by atoms with Gasteiger partial charge < -0.3 is 0 Å². The Kier molecular flexibility index (Phi) is 3.96. The molecule has 1 rings (SSSR count). The first-order valence-electron chi connectivity index (χ1n) is 6.06. The van der Waals surface area contributed by atoms with Gasteiger partial charge in [-0.2, -0.15) is 0 Å². The Morgan fingerprint density at radius 3 is 2.12 bits per heavy atom. The molecule has 0 saturated carbocycles. The number of rotatable bonds is 5. The van der Waals surface area contributed by atoms with E-state index in [1.54, 1.807) is 0 Å². The lowest BCUT2D eigenvalue weighted by Crippen LogP contribution is -2.31.